The Morgan fingerprint density at radius 3 is 2.30 bits per heavy atom. The van der Waals surface area contributed by atoms with E-state index in [9.17, 15) is 14.0 Å². The predicted octanol–water partition coefficient (Wildman–Crippen LogP) is 2.51. The lowest BCUT2D eigenvalue weighted by Crippen LogP contribution is -2.48. The average molecular weight is 372 g/mol. The van der Waals surface area contributed by atoms with Crippen LogP contribution in [0.25, 0.3) is 0 Å². The molecule has 27 heavy (non-hydrogen) atoms. The number of hydrogen-bond acceptors (Lipinski definition) is 4. The van der Waals surface area contributed by atoms with Crippen molar-refractivity contribution >= 4 is 11.5 Å². The number of benzene rings is 1. The monoisotopic (exact) mass is 372 g/mol. The molecule has 144 valence electrons. The molecular weight excluding hydrogens is 347 g/mol. The summed E-state index contributed by atoms with van der Waals surface area (Å²) in [6.07, 6.45) is 5.11. The molecule has 4 rings (SSSR count). The second kappa shape index (κ2) is 7.58. The second-order valence-corrected chi connectivity index (χ2v) is 7.41. The smallest absolute Gasteiger partial charge is 0.330 e. The molecule has 0 spiro atoms. The highest BCUT2D eigenvalue weighted by molar-refractivity contribution is 5.49. The maximum Gasteiger partial charge on any atom is 0.330 e. The van der Waals surface area contributed by atoms with E-state index >= 15 is 0 Å². The molecule has 1 saturated heterocycles. The molecule has 2 fully saturated rings. The summed E-state index contributed by atoms with van der Waals surface area (Å²) < 4.78 is 14.8. The van der Waals surface area contributed by atoms with Gasteiger partial charge in [-0.2, -0.15) is 0 Å². The summed E-state index contributed by atoms with van der Waals surface area (Å²) in [5.74, 6) is 0.335. The van der Waals surface area contributed by atoms with Crippen molar-refractivity contribution in [3.05, 3.63) is 57.0 Å². The molecule has 7 heteroatoms. The van der Waals surface area contributed by atoms with Crippen LogP contribution in [0.5, 0.6) is 0 Å². The number of piperazine rings is 1. The molecule has 2 aliphatic rings. The van der Waals surface area contributed by atoms with Crippen LogP contribution in [0, 0.1) is 5.82 Å². The Bertz CT molecular complexity index is 877. The molecule has 0 radical (unpaired) electrons. The van der Waals surface area contributed by atoms with E-state index in [1.54, 1.807) is 12.1 Å². The SMILES string of the molecule is O=c1cc(N2CCN(c3cccc(F)c3)CC2)[nH]c(=O)n1C1CCCCC1. The topological polar surface area (TPSA) is 61.3 Å². The molecule has 2 aromatic rings. The van der Waals surface area contributed by atoms with Crippen molar-refractivity contribution in [3.8, 4) is 0 Å². The lowest BCUT2D eigenvalue weighted by Gasteiger charge is -2.37. The molecule has 1 aliphatic carbocycles. The van der Waals surface area contributed by atoms with E-state index in [4.69, 9.17) is 0 Å². The Morgan fingerprint density at radius 2 is 1.63 bits per heavy atom. The minimum absolute atomic E-state index is 0.0221. The fourth-order valence-electron chi connectivity index (χ4n) is 4.23. The zero-order valence-corrected chi connectivity index (χ0v) is 15.4. The number of H-pyrrole nitrogens is 1. The lowest BCUT2D eigenvalue weighted by molar-refractivity contribution is 0.336. The van der Waals surface area contributed by atoms with E-state index in [2.05, 4.69) is 9.88 Å². The zero-order chi connectivity index (χ0) is 18.8. The average Bonchev–Trinajstić information content (AvgIpc) is 2.68. The molecule has 2 heterocycles. The van der Waals surface area contributed by atoms with Crippen molar-refractivity contribution in [2.45, 2.75) is 38.1 Å². The number of aromatic amines is 1. The van der Waals surface area contributed by atoms with Crippen molar-refractivity contribution in [3.63, 3.8) is 0 Å². The first-order valence-electron chi connectivity index (χ1n) is 9.73. The molecule has 1 aromatic carbocycles. The molecule has 6 nitrogen and oxygen atoms in total. The number of rotatable bonds is 3. The van der Waals surface area contributed by atoms with Gasteiger partial charge >= 0.3 is 5.69 Å². The summed E-state index contributed by atoms with van der Waals surface area (Å²) in [6, 6.07) is 8.14. The Hall–Kier alpha value is -2.57. The molecular formula is C20H25FN4O2. The molecule has 1 aliphatic heterocycles. The van der Waals surface area contributed by atoms with Gasteiger partial charge in [0.2, 0.25) is 0 Å². The zero-order valence-electron chi connectivity index (χ0n) is 15.4. The van der Waals surface area contributed by atoms with Crippen molar-refractivity contribution < 1.29 is 4.39 Å². The number of nitrogens with zero attached hydrogens (tertiary/aromatic N) is 3. The molecule has 0 bridgehead atoms. The van der Waals surface area contributed by atoms with Crippen LogP contribution in [0.2, 0.25) is 0 Å². The number of aromatic nitrogens is 2. The summed E-state index contributed by atoms with van der Waals surface area (Å²) in [5, 5.41) is 0. The quantitative estimate of drug-likeness (QED) is 0.899. The summed E-state index contributed by atoms with van der Waals surface area (Å²) in [6.45, 7) is 2.74. The van der Waals surface area contributed by atoms with Gasteiger partial charge < -0.3 is 9.80 Å². The van der Waals surface area contributed by atoms with Crippen LogP contribution in [-0.4, -0.2) is 35.7 Å². The van der Waals surface area contributed by atoms with E-state index in [1.165, 1.54) is 23.1 Å². The van der Waals surface area contributed by atoms with Crippen molar-refractivity contribution in [1.82, 2.24) is 9.55 Å². The molecule has 0 unspecified atom stereocenters. The van der Waals surface area contributed by atoms with Crippen LogP contribution < -0.4 is 21.0 Å². The molecule has 1 saturated carbocycles. The highest BCUT2D eigenvalue weighted by Gasteiger charge is 2.22. The van der Waals surface area contributed by atoms with Crippen LogP contribution in [0.15, 0.2) is 39.9 Å². The Labute approximate surface area is 157 Å². The van der Waals surface area contributed by atoms with E-state index in [-0.39, 0.29) is 23.1 Å². The summed E-state index contributed by atoms with van der Waals surface area (Å²) in [4.78, 5) is 32.2. The highest BCUT2D eigenvalue weighted by atomic mass is 19.1. The number of hydrogen-bond donors (Lipinski definition) is 1. The summed E-state index contributed by atoms with van der Waals surface area (Å²) in [7, 11) is 0. The fourth-order valence-corrected chi connectivity index (χ4v) is 4.23. The summed E-state index contributed by atoms with van der Waals surface area (Å²) >= 11 is 0. The van der Waals surface area contributed by atoms with Crippen LogP contribution in [-0.2, 0) is 0 Å². The van der Waals surface area contributed by atoms with E-state index in [0.717, 1.165) is 31.4 Å². The van der Waals surface area contributed by atoms with Gasteiger partial charge in [0.1, 0.15) is 11.6 Å². The van der Waals surface area contributed by atoms with Crippen LogP contribution in [0.3, 0.4) is 0 Å². The molecule has 0 atom stereocenters. The Morgan fingerprint density at radius 1 is 0.926 bits per heavy atom. The first-order valence-corrected chi connectivity index (χ1v) is 9.73. The Balaban J connectivity index is 1.48. The van der Waals surface area contributed by atoms with Crippen molar-refractivity contribution in [2.75, 3.05) is 36.0 Å². The highest BCUT2D eigenvalue weighted by Crippen LogP contribution is 2.26. The summed E-state index contributed by atoms with van der Waals surface area (Å²) in [5.41, 5.74) is 0.334. The van der Waals surface area contributed by atoms with E-state index in [1.807, 2.05) is 11.0 Å². The fraction of sp³-hybridized carbons (Fsp3) is 0.500. The van der Waals surface area contributed by atoms with Crippen molar-refractivity contribution in [1.29, 1.82) is 0 Å². The first-order chi connectivity index (χ1) is 13.1. The molecule has 0 amide bonds. The maximum atomic E-state index is 13.4. The van der Waals surface area contributed by atoms with Crippen LogP contribution >= 0.6 is 0 Å². The Kier molecular flexibility index (Phi) is 5.01. The number of halogens is 1. The first kappa shape index (κ1) is 17.8. The van der Waals surface area contributed by atoms with Crippen LogP contribution in [0.4, 0.5) is 15.9 Å². The van der Waals surface area contributed by atoms with E-state index in [0.29, 0.717) is 32.0 Å². The predicted molar refractivity (Wildman–Crippen MR) is 104 cm³/mol. The van der Waals surface area contributed by atoms with Gasteiger partial charge in [-0.15, -0.1) is 0 Å². The van der Waals surface area contributed by atoms with Gasteiger partial charge in [-0.05, 0) is 31.0 Å². The maximum absolute atomic E-state index is 13.4. The van der Waals surface area contributed by atoms with Gasteiger partial charge in [0.25, 0.3) is 5.56 Å². The third kappa shape index (κ3) is 3.77. The molecule has 1 aromatic heterocycles. The standard InChI is InChI=1S/C20H25FN4O2/c21-15-5-4-8-17(13-15)23-9-11-24(12-10-23)18-14-19(26)25(20(27)22-18)16-6-2-1-3-7-16/h4-5,8,13-14,16H,1-3,6-7,9-12H2,(H,22,27). The largest absolute Gasteiger partial charge is 0.368 e. The van der Waals surface area contributed by atoms with Crippen molar-refractivity contribution in [2.24, 2.45) is 0 Å². The third-order valence-electron chi connectivity index (χ3n) is 5.68. The van der Waals surface area contributed by atoms with Gasteiger partial charge in [0.05, 0.1) is 0 Å². The lowest BCUT2D eigenvalue weighted by atomic mass is 9.95. The van der Waals surface area contributed by atoms with E-state index < -0.39 is 0 Å². The van der Waals surface area contributed by atoms with Gasteiger partial charge in [0, 0.05) is 44.0 Å². The normalized spacial score (nSPS) is 18.7. The minimum atomic E-state index is -0.308. The van der Waals surface area contributed by atoms with Gasteiger partial charge in [-0.25, -0.2) is 9.18 Å². The minimum Gasteiger partial charge on any atom is -0.368 e. The van der Waals surface area contributed by atoms with Crippen LogP contribution in [0.1, 0.15) is 38.1 Å². The van der Waals surface area contributed by atoms with Gasteiger partial charge in [-0.1, -0.05) is 25.3 Å². The third-order valence-corrected chi connectivity index (χ3v) is 5.68. The number of anilines is 2. The second-order valence-electron chi connectivity index (χ2n) is 7.41. The number of nitrogens with one attached hydrogen (secondary N) is 1. The van der Waals surface area contributed by atoms with Gasteiger partial charge in [-0.3, -0.25) is 14.3 Å². The molecule has 1 N–H and O–H groups in total. The van der Waals surface area contributed by atoms with Gasteiger partial charge in [0.15, 0.2) is 0 Å².